The normalized spacial score (nSPS) is 13.1. The summed E-state index contributed by atoms with van der Waals surface area (Å²) in [5.74, 6) is -0.743. The van der Waals surface area contributed by atoms with E-state index in [4.69, 9.17) is 37.1 Å². The van der Waals surface area contributed by atoms with Gasteiger partial charge in [-0.05, 0) is 54.2 Å². The molecule has 1 aromatic heterocycles. The molecule has 1 N–H and O–H groups in total. The average Bonchev–Trinajstić information content (AvgIpc) is 3.41. The lowest BCUT2D eigenvalue weighted by Gasteiger charge is -2.18. The summed E-state index contributed by atoms with van der Waals surface area (Å²) in [6.45, 7) is 0.0369. The fourth-order valence-corrected chi connectivity index (χ4v) is 4.83. The molecule has 1 unspecified atom stereocenters. The van der Waals surface area contributed by atoms with E-state index in [1.807, 2.05) is 30.3 Å². The lowest BCUT2D eigenvalue weighted by atomic mass is 10.1. The van der Waals surface area contributed by atoms with Crippen molar-refractivity contribution in [3.63, 3.8) is 0 Å². The highest BCUT2D eigenvalue weighted by atomic mass is 35.5. The first-order chi connectivity index (χ1) is 18.4. The molecule has 7 nitrogen and oxygen atoms in total. The quantitative estimate of drug-likeness (QED) is 0.171. The van der Waals surface area contributed by atoms with Crippen molar-refractivity contribution in [2.45, 2.75) is 38.3 Å². The number of hydrogen-bond acceptors (Lipinski definition) is 6. The Kier molecular flexibility index (Phi) is 7.67. The highest BCUT2D eigenvalue weighted by Gasteiger charge is 2.26. The second-order valence-electron chi connectivity index (χ2n) is 8.99. The number of alkyl carbamates (subject to hydrolysis) is 1. The zero-order valence-electron chi connectivity index (χ0n) is 20.2. The number of amides is 1. The maximum atomic E-state index is 13.3. The molecule has 1 amide bonds. The SMILES string of the molecule is O=C(NC(Cc1ccc(Cl)cc1)C(=O)Oc1cc2oc(=O)c3c(c2cc1Cl)CCC3)OCc1ccccc1. The third-order valence-corrected chi connectivity index (χ3v) is 6.93. The highest BCUT2D eigenvalue weighted by molar-refractivity contribution is 6.33. The monoisotopic (exact) mass is 551 g/mol. The molecule has 4 aromatic rings. The summed E-state index contributed by atoms with van der Waals surface area (Å²) in [5.41, 5.74) is 3.01. The first-order valence-electron chi connectivity index (χ1n) is 12.1. The molecule has 1 aliphatic rings. The molecule has 1 aliphatic carbocycles. The van der Waals surface area contributed by atoms with Crippen molar-refractivity contribution < 1.29 is 23.5 Å². The van der Waals surface area contributed by atoms with Gasteiger partial charge in [-0.15, -0.1) is 0 Å². The van der Waals surface area contributed by atoms with Crippen LogP contribution >= 0.6 is 23.2 Å². The number of aryl methyl sites for hydroxylation is 1. The highest BCUT2D eigenvalue weighted by Crippen LogP contribution is 2.35. The van der Waals surface area contributed by atoms with Gasteiger partial charge in [0.2, 0.25) is 0 Å². The third kappa shape index (κ3) is 5.85. The number of fused-ring (bicyclic) bond motifs is 3. The fourth-order valence-electron chi connectivity index (χ4n) is 4.50. The largest absolute Gasteiger partial charge is 0.445 e. The van der Waals surface area contributed by atoms with Crippen molar-refractivity contribution in [2.75, 3.05) is 0 Å². The summed E-state index contributed by atoms with van der Waals surface area (Å²) >= 11 is 12.5. The lowest BCUT2D eigenvalue weighted by molar-refractivity contribution is -0.136. The van der Waals surface area contributed by atoms with Crippen LogP contribution in [-0.2, 0) is 35.4 Å². The maximum absolute atomic E-state index is 13.3. The first kappa shape index (κ1) is 25.8. The van der Waals surface area contributed by atoms with Crippen LogP contribution in [0.5, 0.6) is 5.75 Å². The summed E-state index contributed by atoms with van der Waals surface area (Å²) < 4.78 is 16.4. The second-order valence-corrected chi connectivity index (χ2v) is 9.83. The molecule has 5 rings (SSSR count). The molecule has 0 bridgehead atoms. The molecule has 0 spiro atoms. The summed E-state index contributed by atoms with van der Waals surface area (Å²) in [5, 5.41) is 4.04. The van der Waals surface area contributed by atoms with Crippen molar-refractivity contribution in [1.29, 1.82) is 0 Å². The minimum Gasteiger partial charge on any atom is -0.445 e. The van der Waals surface area contributed by atoms with Gasteiger partial charge in [-0.1, -0.05) is 65.7 Å². The van der Waals surface area contributed by atoms with Crippen LogP contribution < -0.4 is 15.7 Å². The van der Waals surface area contributed by atoms with E-state index in [1.165, 1.54) is 6.07 Å². The van der Waals surface area contributed by atoms with Crippen LogP contribution in [0.4, 0.5) is 4.79 Å². The summed E-state index contributed by atoms with van der Waals surface area (Å²) in [4.78, 5) is 38.2. The van der Waals surface area contributed by atoms with Crippen LogP contribution in [0.25, 0.3) is 11.0 Å². The van der Waals surface area contributed by atoms with Gasteiger partial charge in [-0.25, -0.2) is 14.4 Å². The Morgan fingerprint density at radius 3 is 2.45 bits per heavy atom. The summed E-state index contributed by atoms with van der Waals surface area (Å²) in [6, 6.07) is 18.0. The van der Waals surface area contributed by atoms with Gasteiger partial charge in [0.25, 0.3) is 0 Å². The van der Waals surface area contributed by atoms with Gasteiger partial charge in [0, 0.05) is 28.5 Å². The number of hydrogen-bond donors (Lipinski definition) is 1. The van der Waals surface area contributed by atoms with Crippen molar-refractivity contribution in [1.82, 2.24) is 5.32 Å². The molecule has 0 radical (unpaired) electrons. The van der Waals surface area contributed by atoms with E-state index >= 15 is 0 Å². The van der Waals surface area contributed by atoms with E-state index in [0.717, 1.165) is 34.9 Å². The van der Waals surface area contributed by atoms with Crippen molar-refractivity contribution in [2.24, 2.45) is 0 Å². The van der Waals surface area contributed by atoms with Gasteiger partial charge in [0.05, 0.1) is 5.02 Å². The molecule has 9 heteroatoms. The second kappa shape index (κ2) is 11.3. The van der Waals surface area contributed by atoms with E-state index in [9.17, 15) is 14.4 Å². The Bertz CT molecular complexity index is 1550. The van der Waals surface area contributed by atoms with Crippen molar-refractivity contribution in [3.05, 3.63) is 109 Å². The third-order valence-electron chi connectivity index (χ3n) is 6.38. The van der Waals surface area contributed by atoms with E-state index in [2.05, 4.69) is 5.32 Å². The number of halogens is 2. The predicted octanol–water partition coefficient (Wildman–Crippen LogP) is 6.03. The molecule has 0 saturated heterocycles. The number of rotatable bonds is 7. The molecule has 3 aromatic carbocycles. The standard InChI is InChI=1S/C29H23Cl2NO6/c30-19-11-9-17(10-12-19)13-24(32-29(35)36-16-18-5-2-1-3-6-18)28(34)38-26-15-25-22(14-23(26)31)20-7-4-8-21(20)27(33)37-25/h1-3,5-6,9-12,14-15,24H,4,7-8,13,16H2,(H,32,35). The molecule has 1 atom stereocenters. The van der Waals surface area contributed by atoms with E-state index in [1.54, 1.807) is 30.3 Å². The number of carbonyl (C=O) groups excluding carboxylic acids is 2. The van der Waals surface area contributed by atoms with Crippen LogP contribution in [-0.4, -0.2) is 18.1 Å². The van der Waals surface area contributed by atoms with Gasteiger partial charge in [0.15, 0.2) is 5.75 Å². The van der Waals surface area contributed by atoms with Crippen LogP contribution in [0.2, 0.25) is 10.0 Å². The number of benzene rings is 3. The Hall–Kier alpha value is -3.81. The fraction of sp³-hybridized carbons (Fsp3) is 0.207. The number of esters is 1. The lowest BCUT2D eigenvalue weighted by Crippen LogP contribution is -2.44. The molecule has 0 fully saturated rings. The molecule has 1 heterocycles. The Balaban J connectivity index is 1.36. The van der Waals surface area contributed by atoms with Gasteiger partial charge in [-0.2, -0.15) is 0 Å². The van der Waals surface area contributed by atoms with E-state index in [-0.39, 0.29) is 29.4 Å². The van der Waals surface area contributed by atoms with Crippen LogP contribution in [0, 0.1) is 0 Å². The zero-order chi connectivity index (χ0) is 26.6. The zero-order valence-corrected chi connectivity index (χ0v) is 21.7. The number of carbonyl (C=O) groups is 2. The molecule has 194 valence electrons. The van der Waals surface area contributed by atoms with Gasteiger partial charge in [-0.3, -0.25) is 0 Å². The van der Waals surface area contributed by atoms with E-state index < -0.39 is 23.7 Å². The molecule has 0 saturated carbocycles. The number of nitrogens with one attached hydrogen (secondary N) is 1. The van der Waals surface area contributed by atoms with E-state index in [0.29, 0.717) is 17.0 Å². The minimum absolute atomic E-state index is 0.0193. The van der Waals surface area contributed by atoms with Crippen LogP contribution in [0.15, 0.2) is 75.9 Å². The smallest absolute Gasteiger partial charge is 0.408 e. The molecule has 0 aliphatic heterocycles. The minimum atomic E-state index is -1.10. The topological polar surface area (TPSA) is 94.8 Å². The first-order valence-corrected chi connectivity index (χ1v) is 12.8. The Labute approximate surface area is 228 Å². The Morgan fingerprint density at radius 2 is 1.68 bits per heavy atom. The summed E-state index contributed by atoms with van der Waals surface area (Å²) in [6.07, 6.45) is 1.62. The predicted molar refractivity (Wildman–Crippen MR) is 144 cm³/mol. The van der Waals surface area contributed by atoms with Gasteiger partial charge < -0.3 is 19.2 Å². The summed E-state index contributed by atoms with van der Waals surface area (Å²) in [7, 11) is 0. The van der Waals surface area contributed by atoms with Crippen molar-refractivity contribution >= 4 is 46.2 Å². The number of ether oxygens (including phenoxy) is 2. The van der Waals surface area contributed by atoms with Gasteiger partial charge >= 0.3 is 17.7 Å². The van der Waals surface area contributed by atoms with Crippen LogP contribution in [0.1, 0.15) is 28.7 Å². The van der Waals surface area contributed by atoms with Crippen LogP contribution in [0.3, 0.4) is 0 Å². The van der Waals surface area contributed by atoms with Gasteiger partial charge in [0.1, 0.15) is 18.2 Å². The molecular weight excluding hydrogens is 529 g/mol. The maximum Gasteiger partial charge on any atom is 0.408 e. The Morgan fingerprint density at radius 1 is 0.947 bits per heavy atom. The average molecular weight is 552 g/mol. The molecule has 38 heavy (non-hydrogen) atoms. The molecular formula is C29H23Cl2NO6. The van der Waals surface area contributed by atoms with Crippen molar-refractivity contribution in [3.8, 4) is 5.75 Å².